The third-order valence-corrected chi connectivity index (χ3v) is 1.75. The van der Waals surface area contributed by atoms with Crippen LogP contribution in [0.15, 0.2) is 18.2 Å². The first-order valence-electron chi connectivity index (χ1n) is 3.98. The summed E-state index contributed by atoms with van der Waals surface area (Å²) >= 11 is 0. The predicted molar refractivity (Wildman–Crippen MR) is 45.5 cm³/mol. The van der Waals surface area contributed by atoms with Crippen LogP contribution in [0.5, 0.6) is 0 Å². The van der Waals surface area contributed by atoms with Crippen LogP contribution in [0.2, 0.25) is 0 Å². The first kappa shape index (κ1) is 10.6. The van der Waals surface area contributed by atoms with Crippen LogP contribution in [0.4, 0.5) is 13.2 Å². The Morgan fingerprint density at radius 2 is 1.93 bits per heavy atom. The van der Waals surface area contributed by atoms with E-state index in [1.165, 1.54) is 0 Å². The van der Waals surface area contributed by atoms with Crippen molar-refractivity contribution in [3.8, 4) is 6.07 Å². The van der Waals surface area contributed by atoms with E-state index >= 15 is 0 Å². The highest BCUT2D eigenvalue weighted by Gasteiger charge is 2.30. The molecule has 4 heteroatoms. The highest BCUT2D eigenvalue weighted by atomic mass is 19.4. The molecule has 0 amide bonds. The molecule has 14 heavy (non-hydrogen) atoms. The van der Waals surface area contributed by atoms with Crippen LogP contribution in [-0.4, -0.2) is 0 Å². The van der Waals surface area contributed by atoms with Gasteiger partial charge in [-0.1, -0.05) is 11.6 Å². The van der Waals surface area contributed by atoms with E-state index in [-0.39, 0.29) is 6.42 Å². The molecule has 1 rings (SSSR count). The monoisotopic (exact) mass is 199 g/mol. The quantitative estimate of drug-likeness (QED) is 0.681. The van der Waals surface area contributed by atoms with Crippen molar-refractivity contribution in [2.75, 3.05) is 0 Å². The van der Waals surface area contributed by atoms with Crippen molar-refractivity contribution < 1.29 is 13.2 Å². The first-order chi connectivity index (χ1) is 6.43. The second-order valence-electron chi connectivity index (χ2n) is 3.04. The fraction of sp³-hybridized carbons (Fsp3) is 0.300. The Bertz CT molecular complexity index is 374. The number of alkyl halides is 3. The molecular formula is C10H8F3N. The van der Waals surface area contributed by atoms with Gasteiger partial charge in [0.25, 0.3) is 0 Å². The predicted octanol–water partition coefficient (Wildman–Crippen LogP) is 3.08. The summed E-state index contributed by atoms with van der Waals surface area (Å²) in [6, 6.07) is 5.48. The standard InChI is InChI=1S/C10H8F3N/c1-7-4-8(2-3-14)6-9(5-7)10(11,12)13/h4-6H,2H2,1H3. The summed E-state index contributed by atoms with van der Waals surface area (Å²) in [7, 11) is 0. The maximum absolute atomic E-state index is 12.3. The number of aryl methyl sites for hydroxylation is 1. The van der Waals surface area contributed by atoms with Gasteiger partial charge in [0, 0.05) is 0 Å². The molecule has 0 spiro atoms. The summed E-state index contributed by atoms with van der Waals surface area (Å²) in [6.45, 7) is 1.58. The number of rotatable bonds is 1. The number of hydrogen-bond acceptors (Lipinski definition) is 1. The van der Waals surface area contributed by atoms with Crippen molar-refractivity contribution in [1.82, 2.24) is 0 Å². The molecule has 0 aliphatic carbocycles. The van der Waals surface area contributed by atoms with E-state index in [0.717, 1.165) is 12.1 Å². The molecule has 0 aromatic heterocycles. The van der Waals surface area contributed by atoms with Crippen molar-refractivity contribution in [3.63, 3.8) is 0 Å². The molecule has 1 aromatic rings. The summed E-state index contributed by atoms with van der Waals surface area (Å²) in [5.41, 5.74) is 0.229. The minimum atomic E-state index is -4.34. The van der Waals surface area contributed by atoms with Crippen molar-refractivity contribution >= 4 is 0 Å². The average Bonchev–Trinajstić information content (AvgIpc) is 2.02. The Kier molecular flexibility index (Phi) is 2.80. The lowest BCUT2D eigenvalue weighted by Crippen LogP contribution is -2.06. The van der Waals surface area contributed by atoms with Gasteiger partial charge in [-0.3, -0.25) is 0 Å². The average molecular weight is 199 g/mol. The summed E-state index contributed by atoms with van der Waals surface area (Å²) in [4.78, 5) is 0. The second kappa shape index (κ2) is 3.70. The van der Waals surface area contributed by atoms with E-state index in [4.69, 9.17) is 5.26 Å². The number of nitriles is 1. The Hall–Kier alpha value is -1.50. The van der Waals surface area contributed by atoms with Crippen LogP contribution in [0.3, 0.4) is 0 Å². The second-order valence-corrected chi connectivity index (χ2v) is 3.04. The zero-order chi connectivity index (χ0) is 10.8. The van der Waals surface area contributed by atoms with Crippen molar-refractivity contribution in [2.24, 2.45) is 0 Å². The molecule has 1 nitrogen and oxygen atoms in total. The molecule has 0 fully saturated rings. The van der Waals surface area contributed by atoms with Crippen LogP contribution in [-0.2, 0) is 12.6 Å². The van der Waals surface area contributed by atoms with Crippen LogP contribution in [0.25, 0.3) is 0 Å². The first-order valence-corrected chi connectivity index (χ1v) is 3.98. The van der Waals surface area contributed by atoms with Gasteiger partial charge in [-0.2, -0.15) is 18.4 Å². The van der Waals surface area contributed by atoms with Crippen LogP contribution in [0.1, 0.15) is 16.7 Å². The van der Waals surface area contributed by atoms with Crippen LogP contribution in [0, 0.1) is 18.3 Å². The molecule has 0 heterocycles. The molecule has 0 aliphatic heterocycles. The third-order valence-electron chi connectivity index (χ3n) is 1.75. The third kappa shape index (κ3) is 2.49. The normalized spacial score (nSPS) is 11.1. The Labute approximate surface area is 79.8 Å². The van der Waals surface area contributed by atoms with Crippen molar-refractivity contribution in [1.29, 1.82) is 5.26 Å². The zero-order valence-electron chi connectivity index (χ0n) is 7.52. The lowest BCUT2D eigenvalue weighted by atomic mass is 10.0. The van der Waals surface area contributed by atoms with Gasteiger partial charge in [0.2, 0.25) is 0 Å². The lowest BCUT2D eigenvalue weighted by Gasteiger charge is -2.08. The van der Waals surface area contributed by atoms with Crippen LogP contribution >= 0.6 is 0 Å². The smallest absolute Gasteiger partial charge is 0.198 e. The van der Waals surface area contributed by atoms with Gasteiger partial charge in [0.1, 0.15) is 0 Å². The molecule has 0 bridgehead atoms. The van der Waals surface area contributed by atoms with Gasteiger partial charge < -0.3 is 0 Å². The minimum Gasteiger partial charge on any atom is -0.198 e. The van der Waals surface area contributed by atoms with E-state index in [2.05, 4.69) is 0 Å². The number of hydrogen-bond donors (Lipinski definition) is 0. The maximum atomic E-state index is 12.3. The van der Waals surface area contributed by atoms with E-state index in [9.17, 15) is 13.2 Å². The summed E-state index contributed by atoms with van der Waals surface area (Å²) in [5.74, 6) is 0. The fourth-order valence-corrected chi connectivity index (χ4v) is 1.22. The summed E-state index contributed by atoms with van der Waals surface area (Å²) in [5, 5.41) is 8.37. The van der Waals surface area contributed by atoms with Crippen LogP contribution < -0.4 is 0 Å². The minimum absolute atomic E-state index is 0.00472. The van der Waals surface area contributed by atoms with Gasteiger partial charge in [-0.15, -0.1) is 0 Å². The van der Waals surface area contributed by atoms with Crippen molar-refractivity contribution in [2.45, 2.75) is 19.5 Å². The van der Waals surface area contributed by atoms with E-state index in [1.807, 2.05) is 6.07 Å². The summed E-state index contributed by atoms with van der Waals surface area (Å²) in [6.07, 6.45) is -4.33. The molecule has 0 saturated heterocycles. The molecule has 0 aliphatic rings. The molecule has 0 N–H and O–H groups in total. The Morgan fingerprint density at radius 1 is 1.29 bits per heavy atom. The highest BCUT2D eigenvalue weighted by Crippen LogP contribution is 2.30. The molecule has 0 radical (unpaired) electrons. The molecule has 1 aromatic carbocycles. The highest BCUT2D eigenvalue weighted by molar-refractivity contribution is 5.32. The van der Waals surface area contributed by atoms with Gasteiger partial charge in [0.05, 0.1) is 18.1 Å². The number of nitrogens with zero attached hydrogens (tertiary/aromatic N) is 1. The molecular weight excluding hydrogens is 191 g/mol. The molecule has 0 saturated carbocycles. The van der Waals surface area contributed by atoms with E-state index < -0.39 is 11.7 Å². The van der Waals surface area contributed by atoms with E-state index in [1.54, 1.807) is 13.0 Å². The van der Waals surface area contributed by atoms with E-state index in [0.29, 0.717) is 11.1 Å². The topological polar surface area (TPSA) is 23.8 Å². The Morgan fingerprint density at radius 3 is 2.43 bits per heavy atom. The molecule has 74 valence electrons. The summed E-state index contributed by atoms with van der Waals surface area (Å²) < 4.78 is 36.9. The maximum Gasteiger partial charge on any atom is 0.416 e. The Balaban J connectivity index is 3.15. The number of benzene rings is 1. The van der Waals surface area contributed by atoms with Gasteiger partial charge in [0.15, 0.2) is 0 Å². The fourth-order valence-electron chi connectivity index (χ4n) is 1.22. The van der Waals surface area contributed by atoms with Gasteiger partial charge >= 0.3 is 6.18 Å². The van der Waals surface area contributed by atoms with Gasteiger partial charge in [-0.25, -0.2) is 0 Å². The SMILES string of the molecule is Cc1cc(CC#N)cc(C(F)(F)F)c1. The molecule has 0 atom stereocenters. The van der Waals surface area contributed by atoms with Crippen molar-refractivity contribution in [3.05, 3.63) is 34.9 Å². The van der Waals surface area contributed by atoms with Gasteiger partial charge in [-0.05, 0) is 24.6 Å². The largest absolute Gasteiger partial charge is 0.416 e. The number of halogens is 3. The zero-order valence-corrected chi connectivity index (χ0v) is 7.52. The molecule has 0 unspecified atom stereocenters. The lowest BCUT2D eigenvalue weighted by molar-refractivity contribution is -0.137.